The zero-order chi connectivity index (χ0) is 19.9. The fourth-order valence-electron chi connectivity index (χ4n) is 3.90. The smallest absolute Gasteiger partial charge is 0.317 e. The predicted octanol–water partition coefficient (Wildman–Crippen LogP) is 2.14. The maximum Gasteiger partial charge on any atom is 0.317 e. The molecule has 3 N–H and O–H groups in total. The minimum absolute atomic E-state index is 0.0490. The van der Waals surface area contributed by atoms with Crippen molar-refractivity contribution < 1.29 is 19.4 Å². The standard InChI is InChI=1S/C20H30N4O4/c1-2-24(13-19(25)26)16-10-15(11-16)23-20(27)22-12-14-7-8-21-18(9-14)28-17-5-3-4-6-17/h7-9,15-17H,2-6,10-13H2,1H3,(H,25,26)(H2,22,23,27). The molecule has 2 aliphatic carbocycles. The van der Waals surface area contributed by atoms with Crippen LogP contribution >= 0.6 is 0 Å². The van der Waals surface area contributed by atoms with Gasteiger partial charge in [0.25, 0.3) is 0 Å². The number of carbonyl (C=O) groups excluding carboxylic acids is 1. The molecule has 8 nitrogen and oxygen atoms in total. The highest BCUT2D eigenvalue weighted by molar-refractivity contribution is 5.74. The number of likely N-dealkylation sites (N-methyl/N-ethyl adjacent to an activating group) is 1. The van der Waals surface area contributed by atoms with E-state index >= 15 is 0 Å². The number of ether oxygens (including phenoxy) is 1. The van der Waals surface area contributed by atoms with Crippen LogP contribution in [0.25, 0.3) is 0 Å². The number of nitrogens with zero attached hydrogens (tertiary/aromatic N) is 2. The molecule has 8 heteroatoms. The van der Waals surface area contributed by atoms with Gasteiger partial charge in [0.1, 0.15) is 6.10 Å². The summed E-state index contributed by atoms with van der Waals surface area (Å²) in [6.45, 7) is 3.11. The van der Waals surface area contributed by atoms with Crippen LogP contribution in [0.1, 0.15) is 51.0 Å². The molecule has 0 aromatic carbocycles. The van der Waals surface area contributed by atoms with E-state index in [4.69, 9.17) is 9.84 Å². The third-order valence-electron chi connectivity index (χ3n) is 5.55. The van der Waals surface area contributed by atoms with Crippen molar-refractivity contribution in [1.82, 2.24) is 20.5 Å². The molecule has 0 atom stereocenters. The Morgan fingerprint density at radius 2 is 2.07 bits per heavy atom. The number of urea groups is 1. The van der Waals surface area contributed by atoms with E-state index in [0.717, 1.165) is 31.2 Å². The molecule has 2 saturated carbocycles. The van der Waals surface area contributed by atoms with E-state index in [1.165, 1.54) is 12.8 Å². The lowest BCUT2D eigenvalue weighted by Crippen LogP contribution is -2.56. The second kappa shape index (κ2) is 9.73. The number of carboxylic acids is 1. The van der Waals surface area contributed by atoms with E-state index in [2.05, 4.69) is 15.6 Å². The van der Waals surface area contributed by atoms with Crippen molar-refractivity contribution in [2.24, 2.45) is 0 Å². The molecule has 2 fully saturated rings. The van der Waals surface area contributed by atoms with Crippen LogP contribution in [0.15, 0.2) is 18.3 Å². The van der Waals surface area contributed by atoms with Crippen molar-refractivity contribution in [2.45, 2.75) is 70.2 Å². The van der Waals surface area contributed by atoms with E-state index in [9.17, 15) is 9.59 Å². The summed E-state index contributed by atoms with van der Waals surface area (Å²) >= 11 is 0. The molecule has 0 bridgehead atoms. The fourth-order valence-corrected chi connectivity index (χ4v) is 3.90. The highest BCUT2D eigenvalue weighted by atomic mass is 16.5. The molecule has 1 heterocycles. The molecule has 28 heavy (non-hydrogen) atoms. The molecule has 0 spiro atoms. The molecule has 3 rings (SSSR count). The molecule has 0 radical (unpaired) electrons. The monoisotopic (exact) mass is 390 g/mol. The highest BCUT2D eigenvalue weighted by Crippen LogP contribution is 2.25. The number of hydrogen-bond acceptors (Lipinski definition) is 5. The number of carbonyl (C=O) groups is 2. The van der Waals surface area contributed by atoms with E-state index in [1.807, 2.05) is 24.0 Å². The van der Waals surface area contributed by atoms with E-state index in [-0.39, 0.29) is 30.8 Å². The lowest BCUT2D eigenvalue weighted by molar-refractivity contribution is -0.139. The van der Waals surface area contributed by atoms with Crippen molar-refractivity contribution in [1.29, 1.82) is 0 Å². The van der Waals surface area contributed by atoms with Crippen LogP contribution in [0.5, 0.6) is 5.88 Å². The van der Waals surface area contributed by atoms with Crippen molar-refractivity contribution in [3.05, 3.63) is 23.9 Å². The maximum absolute atomic E-state index is 12.1. The van der Waals surface area contributed by atoms with Crippen LogP contribution < -0.4 is 15.4 Å². The zero-order valence-corrected chi connectivity index (χ0v) is 16.4. The van der Waals surface area contributed by atoms with E-state index < -0.39 is 5.97 Å². The van der Waals surface area contributed by atoms with Crippen LogP contribution in [0.2, 0.25) is 0 Å². The molecule has 1 aromatic rings. The molecule has 0 aliphatic heterocycles. The number of aromatic nitrogens is 1. The third kappa shape index (κ3) is 5.82. The Morgan fingerprint density at radius 3 is 2.75 bits per heavy atom. The summed E-state index contributed by atoms with van der Waals surface area (Å²) in [5.41, 5.74) is 0.947. The Kier molecular flexibility index (Phi) is 7.08. The van der Waals surface area contributed by atoms with Gasteiger partial charge in [0.05, 0.1) is 6.54 Å². The largest absolute Gasteiger partial charge is 0.480 e. The second-order valence-corrected chi connectivity index (χ2v) is 7.63. The maximum atomic E-state index is 12.1. The van der Waals surface area contributed by atoms with Gasteiger partial charge < -0.3 is 20.5 Å². The SMILES string of the molecule is CCN(CC(=O)O)C1CC(NC(=O)NCc2ccnc(OC3CCCC3)c2)C1. The predicted molar refractivity (Wildman–Crippen MR) is 104 cm³/mol. The first-order valence-electron chi connectivity index (χ1n) is 10.1. The molecule has 154 valence electrons. The first-order chi connectivity index (χ1) is 13.5. The fraction of sp³-hybridized carbons (Fsp3) is 0.650. The number of nitrogens with one attached hydrogen (secondary N) is 2. The van der Waals surface area contributed by atoms with Gasteiger partial charge in [-0.3, -0.25) is 9.69 Å². The summed E-state index contributed by atoms with van der Waals surface area (Å²) in [6.07, 6.45) is 8.10. The van der Waals surface area contributed by atoms with Crippen molar-refractivity contribution in [2.75, 3.05) is 13.1 Å². The number of aliphatic carboxylic acids is 1. The summed E-state index contributed by atoms with van der Waals surface area (Å²) in [7, 11) is 0. The van der Waals surface area contributed by atoms with Crippen LogP contribution in [0.3, 0.4) is 0 Å². The molecular weight excluding hydrogens is 360 g/mol. The first-order valence-corrected chi connectivity index (χ1v) is 10.1. The summed E-state index contributed by atoms with van der Waals surface area (Å²) in [5.74, 6) is -0.198. The Morgan fingerprint density at radius 1 is 1.32 bits per heavy atom. The zero-order valence-electron chi connectivity index (χ0n) is 16.4. The first kappa shape index (κ1) is 20.4. The van der Waals surface area contributed by atoms with E-state index in [0.29, 0.717) is 19.0 Å². The van der Waals surface area contributed by atoms with Crippen LogP contribution in [0, 0.1) is 0 Å². The van der Waals surface area contributed by atoms with Crippen LogP contribution in [-0.2, 0) is 11.3 Å². The van der Waals surface area contributed by atoms with E-state index in [1.54, 1.807) is 6.20 Å². The third-order valence-corrected chi connectivity index (χ3v) is 5.55. The lowest BCUT2D eigenvalue weighted by Gasteiger charge is -2.42. The number of carboxylic acid groups (broad SMARTS) is 1. The number of hydrogen-bond donors (Lipinski definition) is 3. The Labute approximate surface area is 165 Å². The van der Waals surface area contributed by atoms with Gasteiger partial charge >= 0.3 is 12.0 Å². The van der Waals surface area contributed by atoms with Crippen molar-refractivity contribution >= 4 is 12.0 Å². The van der Waals surface area contributed by atoms with Crippen molar-refractivity contribution in [3.8, 4) is 5.88 Å². The summed E-state index contributed by atoms with van der Waals surface area (Å²) in [4.78, 5) is 29.2. The minimum Gasteiger partial charge on any atom is -0.480 e. The van der Waals surface area contributed by atoms with Gasteiger partial charge in [-0.2, -0.15) is 0 Å². The normalized spacial score (nSPS) is 21.9. The summed E-state index contributed by atoms with van der Waals surface area (Å²) in [5, 5.41) is 14.8. The second-order valence-electron chi connectivity index (χ2n) is 7.63. The van der Waals surface area contributed by atoms with Gasteiger partial charge in [-0.05, 0) is 56.7 Å². The Bertz CT molecular complexity index is 672. The van der Waals surface area contributed by atoms with Crippen molar-refractivity contribution in [3.63, 3.8) is 0 Å². The van der Waals surface area contributed by atoms with Crippen LogP contribution in [-0.4, -0.2) is 58.3 Å². The van der Waals surface area contributed by atoms with Gasteiger partial charge in [-0.15, -0.1) is 0 Å². The van der Waals surface area contributed by atoms with Gasteiger partial charge in [0.15, 0.2) is 0 Å². The molecule has 1 aromatic heterocycles. The molecule has 2 aliphatic rings. The Hall–Kier alpha value is -2.35. The number of amides is 2. The van der Waals surface area contributed by atoms with Gasteiger partial charge in [0, 0.05) is 30.9 Å². The highest BCUT2D eigenvalue weighted by Gasteiger charge is 2.34. The molecule has 0 unspecified atom stereocenters. The van der Waals surface area contributed by atoms with Gasteiger partial charge in [-0.1, -0.05) is 6.92 Å². The quantitative estimate of drug-likeness (QED) is 0.597. The molecule has 0 saturated heterocycles. The average molecular weight is 390 g/mol. The number of pyridine rings is 1. The molecular formula is C20H30N4O4. The van der Waals surface area contributed by atoms with Gasteiger partial charge in [0.2, 0.25) is 5.88 Å². The average Bonchev–Trinajstić information content (AvgIpc) is 3.14. The lowest BCUT2D eigenvalue weighted by atomic mass is 9.85. The Balaban J connectivity index is 1.37. The molecule has 2 amide bonds. The summed E-state index contributed by atoms with van der Waals surface area (Å²) < 4.78 is 5.90. The summed E-state index contributed by atoms with van der Waals surface area (Å²) in [6, 6.07) is 3.85. The number of rotatable bonds is 9. The minimum atomic E-state index is -0.815. The van der Waals surface area contributed by atoms with Gasteiger partial charge in [-0.25, -0.2) is 9.78 Å². The topological polar surface area (TPSA) is 104 Å². The van der Waals surface area contributed by atoms with Crippen LogP contribution in [0.4, 0.5) is 4.79 Å².